The molecule has 2 fully saturated rings. The molecule has 19 heavy (non-hydrogen) atoms. The molecule has 108 valence electrons. The Morgan fingerprint density at radius 3 is 2.68 bits per heavy atom. The van der Waals surface area contributed by atoms with E-state index in [0.717, 1.165) is 32.2 Å². The first kappa shape index (κ1) is 14.1. The molecule has 1 saturated heterocycles. The normalized spacial score (nSPS) is 26.2. The van der Waals surface area contributed by atoms with Gasteiger partial charge in [0.25, 0.3) is 0 Å². The van der Waals surface area contributed by atoms with Crippen LogP contribution in [0.15, 0.2) is 0 Å². The van der Waals surface area contributed by atoms with Gasteiger partial charge in [0.1, 0.15) is 5.92 Å². The summed E-state index contributed by atoms with van der Waals surface area (Å²) in [6.07, 6.45) is 4.13. The number of hydrogen-bond donors (Lipinski definition) is 2. The molecular weight excluding hydrogens is 248 g/mol. The number of amides is 2. The molecule has 0 radical (unpaired) electrons. The second-order valence-corrected chi connectivity index (χ2v) is 5.32. The SMILES string of the molecule is CCCCN(C(=O)NC1COCC1C(=O)O)C1CC1. The van der Waals surface area contributed by atoms with Gasteiger partial charge in [-0.3, -0.25) is 4.79 Å². The van der Waals surface area contributed by atoms with Crippen molar-refractivity contribution in [3.8, 4) is 0 Å². The number of unbranched alkanes of at least 4 members (excludes halogenated alkanes) is 1. The number of carboxylic acids is 1. The number of ether oxygens (including phenoxy) is 1. The molecule has 2 amide bonds. The van der Waals surface area contributed by atoms with Crippen LogP contribution in [0.3, 0.4) is 0 Å². The Hall–Kier alpha value is -1.30. The van der Waals surface area contributed by atoms with Crippen molar-refractivity contribution in [2.45, 2.75) is 44.7 Å². The molecule has 1 aliphatic heterocycles. The van der Waals surface area contributed by atoms with Crippen molar-refractivity contribution in [2.24, 2.45) is 5.92 Å². The summed E-state index contributed by atoms with van der Waals surface area (Å²) in [4.78, 5) is 25.1. The summed E-state index contributed by atoms with van der Waals surface area (Å²) in [7, 11) is 0. The fourth-order valence-corrected chi connectivity index (χ4v) is 2.35. The second kappa shape index (κ2) is 6.23. The van der Waals surface area contributed by atoms with E-state index in [4.69, 9.17) is 9.84 Å². The minimum absolute atomic E-state index is 0.141. The number of rotatable bonds is 6. The first-order valence-electron chi connectivity index (χ1n) is 7.01. The number of carbonyl (C=O) groups is 2. The lowest BCUT2D eigenvalue weighted by atomic mass is 10.0. The summed E-state index contributed by atoms with van der Waals surface area (Å²) in [5, 5.41) is 11.9. The van der Waals surface area contributed by atoms with Gasteiger partial charge >= 0.3 is 12.0 Å². The van der Waals surface area contributed by atoms with Gasteiger partial charge < -0.3 is 20.1 Å². The highest BCUT2D eigenvalue weighted by Crippen LogP contribution is 2.27. The lowest BCUT2D eigenvalue weighted by Gasteiger charge is -2.25. The van der Waals surface area contributed by atoms with Gasteiger partial charge in [0.05, 0.1) is 19.3 Å². The van der Waals surface area contributed by atoms with Gasteiger partial charge in [0.15, 0.2) is 0 Å². The Labute approximate surface area is 113 Å². The van der Waals surface area contributed by atoms with Gasteiger partial charge in [-0.05, 0) is 19.3 Å². The lowest BCUT2D eigenvalue weighted by Crippen LogP contribution is -2.49. The second-order valence-electron chi connectivity index (χ2n) is 5.32. The molecule has 2 unspecified atom stereocenters. The fourth-order valence-electron chi connectivity index (χ4n) is 2.35. The largest absolute Gasteiger partial charge is 0.481 e. The standard InChI is InChI=1S/C13H22N2O4/c1-2-3-6-15(9-4-5-9)13(18)14-11-8-19-7-10(11)12(16)17/h9-11H,2-8H2,1H3,(H,14,18)(H,16,17). The smallest absolute Gasteiger partial charge is 0.317 e. The highest BCUT2D eigenvalue weighted by atomic mass is 16.5. The molecule has 1 saturated carbocycles. The maximum atomic E-state index is 12.2. The number of carboxylic acid groups (broad SMARTS) is 1. The third-order valence-electron chi connectivity index (χ3n) is 3.71. The number of carbonyl (C=O) groups excluding carboxylic acids is 1. The van der Waals surface area contributed by atoms with Crippen molar-refractivity contribution < 1.29 is 19.4 Å². The minimum atomic E-state index is -0.908. The van der Waals surface area contributed by atoms with E-state index >= 15 is 0 Å². The molecule has 2 rings (SSSR count). The van der Waals surface area contributed by atoms with Gasteiger partial charge in [-0.1, -0.05) is 13.3 Å². The van der Waals surface area contributed by atoms with Gasteiger partial charge in [-0.15, -0.1) is 0 Å². The molecule has 2 aliphatic rings. The van der Waals surface area contributed by atoms with E-state index < -0.39 is 17.9 Å². The average molecular weight is 270 g/mol. The van der Waals surface area contributed by atoms with Gasteiger partial charge in [-0.2, -0.15) is 0 Å². The van der Waals surface area contributed by atoms with Crippen LogP contribution in [0.25, 0.3) is 0 Å². The molecular formula is C13H22N2O4. The van der Waals surface area contributed by atoms with Crippen molar-refractivity contribution in [3.05, 3.63) is 0 Å². The summed E-state index contributed by atoms with van der Waals surface area (Å²) in [6.45, 7) is 3.31. The van der Waals surface area contributed by atoms with Crippen LogP contribution in [0.4, 0.5) is 4.79 Å². The third-order valence-corrected chi connectivity index (χ3v) is 3.71. The monoisotopic (exact) mass is 270 g/mol. The van der Waals surface area contributed by atoms with Crippen LogP contribution >= 0.6 is 0 Å². The highest BCUT2D eigenvalue weighted by Gasteiger charge is 2.38. The summed E-state index contributed by atoms with van der Waals surface area (Å²) in [5.74, 6) is -1.54. The molecule has 1 aliphatic carbocycles. The Balaban J connectivity index is 1.89. The summed E-state index contributed by atoms with van der Waals surface area (Å²) in [6, 6.07) is -0.206. The van der Waals surface area contributed by atoms with E-state index in [1.807, 2.05) is 4.90 Å². The quantitative estimate of drug-likeness (QED) is 0.756. The Morgan fingerprint density at radius 2 is 2.11 bits per heavy atom. The summed E-state index contributed by atoms with van der Waals surface area (Å²) in [5.41, 5.74) is 0. The van der Waals surface area contributed by atoms with Gasteiger partial charge in [0.2, 0.25) is 0 Å². The van der Waals surface area contributed by atoms with Crippen molar-refractivity contribution >= 4 is 12.0 Å². The Morgan fingerprint density at radius 1 is 1.37 bits per heavy atom. The first-order valence-corrected chi connectivity index (χ1v) is 7.01. The number of hydrogen-bond acceptors (Lipinski definition) is 3. The van der Waals surface area contributed by atoms with E-state index in [9.17, 15) is 9.59 Å². The molecule has 0 aromatic carbocycles. The third kappa shape index (κ3) is 3.59. The zero-order valence-corrected chi connectivity index (χ0v) is 11.3. The molecule has 6 nitrogen and oxygen atoms in total. The predicted octanol–water partition coefficient (Wildman–Crippen LogP) is 1.06. The van der Waals surface area contributed by atoms with Crippen LogP contribution in [0.2, 0.25) is 0 Å². The van der Waals surface area contributed by atoms with E-state index in [1.54, 1.807) is 0 Å². The van der Waals surface area contributed by atoms with Crippen molar-refractivity contribution in [2.75, 3.05) is 19.8 Å². The molecule has 2 N–H and O–H groups in total. The maximum absolute atomic E-state index is 12.2. The predicted molar refractivity (Wildman–Crippen MR) is 68.9 cm³/mol. The van der Waals surface area contributed by atoms with Crippen LogP contribution in [0.5, 0.6) is 0 Å². The van der Waals surface area contributed by atoms with Gasteiger partial charge in [-0.25, -0.2) is 4.79 Å². The maximum Gasteiger partial charge on any atom is 0.317 e. The van der Waals surface area contributed by atoms with Crippen molar-refractivity contribution in [1.82, 2.24) is 10.2 Å². The number of urea groups is 1. The molecule has 0 aromatic rings. The fraction of sp³-hybridized carbons (Fsp3) is 0.846. The van der Waals surface area contributed by atoms with Crippen molar-refractivity contribution in [3.63, 3.8) is 0 Å². The van der Waals surface area contributed by atoms with E-state index in [-0.39, 0.29) is 19.2 Å². The lowest BCUT2D eigenvalue weighted by molar-refractivity contribution is -0.142. The topological polar surface area (TPSA) is 78.9 Å². The van der Waals surface area contributed by atoms with Crippen LogP contribution in [-0.2, 0) is 9.53 Å². The molecule has 0 spiro atoms. The minimum Gasteiger partial charge on any atom is -0.481 e. The molecule has 6 heteroatoms. The van der Waals surface area contributed by atoms with Crippen LogP contribution in [-0.4, -0.2) is 53.8 Å². The van der Waals surface area contributed by atoms with Crippen molar-refractivity contribution in [1.29, 1.82) is 0 Å². The van der Waals surface area contributed by atoms with Crippen LogP contribution in [0.1, 0.15) is 32.6 Å². The molecule has 0 bridgehead atoms. The summed E-state index contributed by atoms with van der Waals surface area (Å²) >= 11 is 0. The molecule has 1 heterocycles. The zero-order valence-electron chi connectivity index (χ0n) is 11.3. The number of nitrogens with zero attached hydrogens (tertiary/aromatic N) is 1. The van der Waals surface area contributed by atoms with Gasteiger partial charge in [0, 0.05) is 12.6 Å². The Kier molecular flexibility index (Phi) is 4.63. The van der Waals surface area contributed by atoms with E-state index in [1.165, 1.54) is 0 Å². The van der Waals surface area contributed by atoms with E-state index in [0.29, 0.717) is 6.04 Å². The van der Waals surface area contributed by atoms with Crippen LogP contribution in [0, 0.1) is 5.92 Å². The van der Waals surface area contributed by atoms with E-state index in [2.05, 4.69) is 12.2 Å². The first-order chi connectivity index (χ1) is 9.13. The highest BCUT2D eigenvalue weighted by molar-refractivity contribution is 5.77. The molecule has 2 atom stereocenters. The van der Waals surface area contributed by atoms with Crippen LogP contribution < -0.4 is 5.32 Å². The average Bonchev–Trinajstić information content (AvgIpc) is 3.09. The Bertz CT molecular complexity index is 344. The number of aliphatic carboxylic acids is 1. The summed E-state index contributed by atoms with van der Waals surface area (Å²) < 4.78 is 5.15. The zero-order chi connectivity index (χ0) is 13.8. The molecule has 0 aromatic heterocycles. The number of nitrogens with one attached hydrogen (secondary N) is 1.